The maximum atomic E-state index is 12.1. The van der Waals surface area contributed by atoms with E-state index in [1.807, 2.05) is 0 Å². The van der Waals surface area contributed by atoms with E-state index in [-0.39, 0.29) is 25.2 Å². The number of hydrogen-bond donors (Lipinski definition) is 1. The third kappa shape index (κ3) is 4.38. The molecule has 2 rings (SSSR count). The van der Waals surface area contributed by atoms with E-state index in [1.165, 1.54) is 6.92 Å². The van der Waals surface area contributed by atoms with Crippen molar-refractivity contribution >= 4 is 17.5 Å². The third-order valence-electron chi connectivity index (χ3n) is 3.41. The van der Waals surface area contributed by atoms with Crippen LogP contribution in [-0.2, 0) is 9.59 Å². The van der Waals surface area contributed by atoms with E-state index in [0.717, 1.165) is 6.42 Å². The Morgan fingerprint density at radius 3 is 2.68 bits per heavy atom. The SMILES string of the molecule is CC(=O)N(CCC(C)C)CC(=O)Nc1ccc2c(c1)OCO2. The summed E-state index contributed by atoms with van der Waals surface area (Å²) >= 11 is 0. The zero-order valence-electron chi connectivity index (χ0n) is 13.2. The van der Waals surface area contributed by atoms with Gasteiger partial charge in [0.15, 0.2) is 11.5 Å². The summed E-state index contributed by atoms with van der Waals surface area (Å²) in [5.74, 6) is 1.44. The van der Waals surface area contributed by atoms with Crippen LogP contribution in [0.2, 0.25) is 0 Å². The number of fused-ring (bicyclic) bond motifs is 1. The standard InChI is InChI=1S/C16H22N2O4/c1-11(2)6-7-18(12(3)19)9-16(20)17-13-4-5-14-15(8-13)22-10-21-14/h4-5,8,11H,6-7,9-10H2,1-3H3,(H,17,20). The van der Waals surface area contributed by atoms with Gasteiger partial charge in [0, 0.05) is 25.2 Å². The summed E-state index contributed by atoms with van der Waals surface area (Å²) in [6, 6.07) is 5.21. The highest BCUT2D eigenvalue weighted by Gasteiger charge is 2.16. The first-order valence-corrected chi connectivity index (χ1v) is 7.40. The number of benzene rings is 1. The lowest BCUT2D eigenvalue weighted by molar-refractivity contribution is -0.132. The molecule has 22 heavy (non-hydrogen) atoms. The molecular weight excluding hydrogens is 284 g/mol. The summed E-state index contributed by atoms with van der Waals surface area (Å²) < 4.78 is 10.5. The molecule has 0 fully saturated rings. The minimum absolute atomic E-state index is 0.0521. The molecule has 0 aliphatic carbocycles. The van der Waals surface area contributed by atoms with E-state index in [1.54, 1.807) is 23.1 Å². The predicted octanol–water partition coefficient (Wildman–Crippen LogP) is 2.25. The summed E-state index contributed by atoms with van der Waals surface area (Å²) in [4.78, 5) is 25.3. The van der Waals surface area contributed by atoms with Gasteiger partial charge in [-0.05, 0) is 24.5 Å². The van der Waals surface area contributed by atoms with Gasteiger partial charge in [-0.3, -0.25) is 9.59 Å². The first-order valence-electron chi connectivity index (χ1n) is 7.40. The van der Waals surface area contributed by atoms with Gasteiger partial charge in [-0.25, -0.2) is 0 Å². The zero-order valence-corrected chi connectivity index (χ0v) is 13.2. The van der Waals surface area contributed by atoms with Crippen LogP contribution in [0.3, 0.4) is 0 Å². The smallest absolute Gasteiger partial charge is 0.243 e. The minimum atomic E-state index is -0.224. The molecule has 0 saturated carbocycles. The van der Waals surface area contributed by atoms with Crippen LogP contribution in [0, 0.1) is 5.92 Å². The molecule has 1 aliphatic heterocycles. The number of ether oxygens (including phenoxy) is 2. The molecule has 0 spiro atoms. The Morgan fingerprint density at radius 1 is 1.27 bits per heavy atom. The fourth-order valence-electron chi connectivity index (χ4n) is 2.11. The van der Waals surface area contributed by atoms with Crippen LogP contribution in [0.15, 0.2) is 18.2 Å². The fourth-order valence-corrected chi connectivity index (χ4v) is 2.11. The van der Waals surface area contributed by atoms with Crippen molar-refractivity contribution in [2.24, 2.45) is 5.92 Å². The molecular formula is C16H22N2O4. The number of carbonyl (C=O) groups excluding carboxylic acids is 2. The van der Waals surface area contributed by atoms with Gasteiger partial charge in [0.1, 0.15) is 0 Å². The van der Waals surface area contributed by atoms with Crippen molar-refractivity contribution < 1.29 is 19.1 Å². The first-order chi connectivity index (χ1) is 10.5. The number of rotatable bonds is 6. The van der Waals surface area contributed by atoms with Gasteiger partial charge in [0.05, 0.1) is 6.54 Å². The molecule has 6 heteroatoms. The van der Waals surface area contributed by atoms with Gasteiger partial charge < -0.3 is 19.7 Å². The molecule has 0 radical (unpaired) electrons. The summed E-state index contributed by atoms with van der Waals surface area (Å²) in [5, 5.41) is 2.78. The van der Waals surface area contributed by atoms with Crippen molar-refractivity contribution in [3.63, 3.8) is 0 Å². The Morgan fingerprint density at radius 2 is 2.00 bits per heavy atom. The maximum Gasteiger partial charge on any atom is 0.243 e. The third-order valence-corrected chi connectivity index (χ3v) is 3.41. The summed E-state index contributed by atoms with van der Waals surface area (Å²) in [6.45, 7) is 6.49. The first kappa shape index (κ1) is 16.1. The van der Waals surface area contributed by atoms with Crippen molar-refractivity contribution in [1.29, 1.82) is 0 Å². The maximum absolute atomic E-state index is 12.1. The van der Waals surface area contributed by atoms with Gasteiger partial charge in [0.25, 0.3) is 0 Å². The predicted molar refractivity (Wildman–Crippen MR) is 82.9 cm³/mol. The van der Waals surface area contributed by atoms with Crippen LogP contribution >= 0.6 is 0 Å². The van der Waals surface area contributed by atoms with Gasteiger partial charge in [0.2, 0.25) is 18.6 Å². The number of carbonyl (C=O) groups is 2. The van der Waals surface area contributed by atoms with Crippen molar-refractivity contribution in [1.82, 2.24) is 4.90 Å². The second kappa shape index (κ2) is 7.15. The highest BCUT2D eigenvalue weighted by Crippen LogP contribution is 2.34. The van der Waals surface area contributed by atoms with E-state index in [4.69, 9.17) is 9.47 Å². The van der Waals surface area contributed by atoms with E-state index in [2.05, 4.69) is 19.2 Å². The Balaban J connectivity index is 1.91. The van der Waals surface area contributed by atoms with Gasteiger partial charge >= 0.3 is 0 Å². The van der Waals surface area contributed by atoms with E-state index in [9.17, 15) is 9.59 Å². The Bertz CT molecular complexity index is 557. The number of anilines is 1. The summed E-state index contributed by atoms with van der Waals surface area (Å²) in [7, 11) is 0. The Hall–Kier alpha value is -2.24. The second-order valence-corrected chi connectivity index (χ2v) is 5.74. The lowest BCUT2D eigenvalue weighted by atomic mass is 10.1. The molecule has 1 aromatic carbocycles. The topological polar surface area (TPSA) is 67.9 Å². The van der Waals surface area contributed by atoms with Crippen LogP contribution in [0.25, 0.3) is 0 Å². The van der Waals surface area contributed by atoms with Gasteiger partial charge in [-0.1, -0.05) is 13.8 Å². The Kier molecular flexibility index (Phi) is 5.25. The van der Waals surface area contributed by atoms with Gasteiger partial charge in [-0.2, -0.15) is 0 Å². The fraction of sp³-hybridized carbons (Fsp3) is 0.500. The van der Waals surface area contributed by atoms with Gasteiger partial charge in [-0.15, -0.1) is 0 Å². The summed E-state index contributed by atoms with van der Waals surface area (Å²) in [6.07, 6.45) is 0.872. The second-order valence-electron chi connectivity index (χ2n) is 5.74. The molecule has 120 valence electrons. The number of hydrogen-bond acceptors (Lipinski definition) is 4. The van der Waals surface area contributed by atoms with E-state index >= 15 is 0 Å². The molecule has 0 bridgehead atoms. The molecule has 1 heterocycles. The number of nitrogens with one attached hydrogen (secondary N) is 1. The number of amides is 2. The van der Waals surface area contributed by atoms with E-state index < -0.39 is 0 Å². The highest BCUT2D eigenvalue weighted by molar-refractivity contribution is 5.94. The molecule has 1 N–H and O–H groups in total. The largest absolute Gasteiger partial charge is 0.454 e. The lowest BCUT2D eigenvalue weighted by Gasteiger charge is -2.21. The average molecular weight is 306 g/mol. The van der Waals surface area contributed by atoms with Crippen LogP contribution in [0.5, 0.6) is 11.5 Å². The van der Waals surface area contributed by atoms with E-state index in [0.29, 0.717) is 29.6 Å². The summed E-state index contributed by atoms with van der Waals surface area (Å²) in [5.41, 5.74) is 0.626. The Labute approximate surface area is 130 Å². The average Bonchev–Trinajstić information content (AvgIpc) is 2.90. The molecule has 0 unspecified atom stereocenters. The quantitative estimate of drug-likeness (QED) is 0.875. The molecule has 1 aromatic rings. The van der Waals surface area contributed by atoms with Crippen molar-refractivity contribution in [2.45, 2.75) is 27.2 Å². The number of nitrogens with zero attached hydrogens (tertiary/aromatic N) is 1. The zero-order chi connectivity index (χ0) is 16.1. The lowest BCUT2D eigenvalue weighted by Crippen LogP contribution is -2.37. The normalized spacial score (nSPS) is 12.4. The molecule has 0 saturated heterocycles. The van der Waals surface area contributed by atoms with Crippen molar-refractivity contribution in [3.8, 4) is 11.5 Å². The molecule has 0 atom stereocenters. The monoisotopic (exact) mass is 306 g/mol. The van der Waals surface area contributed by atoms with Crippen LogP contribution < -0.4 is 14.8 Å². The van der Waals surface area contributed by atoms with Crippen molar-refractivity contribution in [2.75, 3.05) is 25.2 Å². The molecule has 1 aliphatic rings. The van der Waals surface area contributed by atoms with Crippen LogP contribution in [0.4, 0.5) is 5.69 Å². The van der Waals surface area contributed by atoms with Crippen LogP contribution in [-0.4, -0.2) is 36.6 Å². The highest BCUT2D eigenvalue weighted by atomic mass is 16.7. The molecule has 6 nitrogen and oxygen atoms in total. The molecule has 0 aromatic heterocycles. The van der Waals surface area contributed by atoms with Crippen molar-refractivity contribution in [3.05, 3.63) is 18.2 Å². The minimum Gasteiger partial charge on any atom is -0.454 e. The van der Waals surface area contributed by atoms with Crippen LogP contribution in [0.1, 0.15) is 27.2 Å². The molecule has 2 amide bonds.